The zero-order valence-corrected chi connectivity index (χ0v) is 23.1. The van der Waals surface area contributed by atoms with E-state index in [9.17, 15) is 15.1 Å². The first-order valence-corrected chi connectivity index (χ1v) is 15.6. The number of hydrogen-bond donors (Lipinski definition) is 0. The summed E-state index contributed by atoms with van der Waals surface area (Å²) < 4.78 is 6.82. The van der Waals surface area contributed by atoms with Gasteiger partial charge in [-0.05, 0) is 55.1 Å². The van der Waals surface area contributed by atoms with Crippen molar-refractivity contribution in [1.29, 1.82) is 0 Å². The largest absolute Gasteiger partial charge is 0.421 e. The molecular weight excluding hydrogens is 468 g/mol. The summed E-state index contributed by atoms with van der Waals surface area (Å²) in [6.45, 7) is 12.0. The van der Waals surface area contributed by atoms with Gasteiger partial charge in [0.15, 0.2) is 0 Å². The number of amides is 1. The van der Waals surface area contributed by atoms with Gasteiger partial charge in [0, 0.05) is 19.5 Å². The van der Waals surface area contributed by atoms with E-state index in [1.54, 1.807) is 4.90 Å². The van der Waals surface area contributed by atoms with Gasteiger partial charge in [0.05, 0.1) is 11.7 Å². The van der Waals surface area contributed by atoms with Crippen LogP contribution in [-0.4, -0.2) is 48.5 Å². The number of benzene rings is 2. The molecule has 36 heavy (non-hydrogen) atoms. The van der Waals surface area contributed by atoms with E-state index in [1.807, 2.05) is 65.7 Å². The van der Waals surface area contributed by atoms with Gasteiger partial charge in [-0.3, -0.25) is 14.7 Å². The number of carbonyl (C=O) groups is 2. The molecule has 0 spiro atoms. The zero-order valence-electron chi connectivity index (χ0n) is 22.1. The molecule has 1 aliphatic heterocycles. The Bertz CT molecular complexity index is 1090. The Hall–Kier alpha value is -3.06. The van der Waals surface area contributed by atoms with Gasteiger partial charge in [-0.2, -0.15) is 4.79 Å². The number of piperidine rings is 1. The summed E-state index contributed by atoms with van der Waals surface area (Å²) in [5.74, 6) is -1.02. The van der Waals surface area contributed by atoms with Crippen LogP contribution in [0.15, 0.2) is 60.7 Å². The molecule has 1 unspecified atom stereocenters. The molecule has 1 heterocycles. The summed E-state index contributed by atoms with van der Waals surface area (Å²) in [6, 6.07) is 18.8. The summed E-state index contributed by atoms with van der Waals surface area (Å²) in [4.78, 5) is 31.4. The van der Waals surface area contributed by atoms with Crippen LogP contribution in [0.4, 0.5) is 5.69 Å². The number of nitrogens with zero attached hydrogens (tertiary/aromatic N) is 4. The Balaban J connectivity index is 2.01. The Morgan fingerprint density at radius 3 is 2.08 bits per heavy atom. The first kappa shape index (κ1) is 27.5. The van der Waals surface area contributed by atoms with E-state index in [0.29, 0.717) is 13.1 Å². The fourth-order valence-electron chi connectivity index (χ4n) is 4.00. The third-order valence-electron chi connectivity index (χ3n) is 7.20. The molecule has 0 radical (unpaired) electrons. The average Bonchev–Trinajstić information content (AvgIpc) is 2.87. The maximum absolute atomic E-state index is 13.5. The normalized spacial score (nSPS) is 15.1. The van der Waals surface area contributed by atoms with Crippen LogP contribution in [0.25, 0.3) is 5.53 Å². The molecule has 1 amide bonds. The predicted octanol–water partition coefficient (Wildman–Crippen LogP) is 5.81. The number of rotatable bonds is 9. The fourth-order valence-corrected chi connectivity index (χ4v) is 5.00. The lowest BCUT2D eigenvalue weighted by atomic mass is 9.98. The molecule has 1 atom stereocenters. The van der Waals surface area contributed by atoms with E-state index in [2.05, 4.69) is 38.7 Å². The molecule has 0 N–H and O–H groups in total. The van der Waals surface area contributed by atoms with E-state index in [4.69, 9.17) is 4.53 Å². The second kappa shape index (κ2) is 11.8. The van der Waals surface area contributed by atoms with Gasteiger partial charge in [0.25, 0.3) is 5.78 Å². The van der Waals surface area contributed by atoms with Crippen LogP contribution in [0.3, 0.4) is 0 Å². The van der Waals surface area contributed by atoms with Crippen LogP contribution >= 0.6 is 0 Å². The molecule has 1 saturated heterocycles. The second-order valence-electron chi connectivity index (χ2n) is 10.9. The first-order valence-electron chi connectivity index (χ1n) is 12.7. The maximum atomic E-state index is 13.5. The molecule has 0 saturated carbocycles. The van der Waals surface area contributed by atoms with Crippen LogP contribution in [0.5, 0.6) is 0 Å². The van der Waals surface area contributed by atoms with E-state index in [1.165, 1.54) is 0 Å². The third-order valence-corrected chi connectivity index (χ3v) is 11.5. The van der Waals surface area contributed by atoms with Crippen molar-refractivity contribution >= 4 is 31.4 Å². The van der Waals surface area contributed by atoms with Crippen LogP contribution in [-0.2, 0) is 14.1 Å². The van der Waals surface area contributed by atoms with Crippen molar-refractivity contribution < 1.29 is 18.9 Å². The maximum Gasteiger partial charge on any atom is 0.421 e. The lowest BCUT2D eigenvalue weighted by molar-refractivity contribution is -0.133. The van der Waals surface area contributed by atoms with Gasteiger partial charge in [0.1, 0.15) is 0 Å². The Morgan fingerprint density at radius 2 is 1.56 bits per heavy atom. The first-order chi connectivity index (χ1) is 17.0. The SMILES string of the molecule is CC(C)(C)[Si](C)(C)ON(c1ccccc1)C(CC(=O)C(=[N+]=[N-])C(=O)N1CCCCC1)c1ccccc1. The lowest BCUT2D eigenvalue weighted by Crippen LogP contribution is -2.49. The topological polar surface area (TPSA) is 86.2 Å². The summed E-state index contributed by atoms with van der Waals surface area (Å²) in [6.07, 6.45) is 2.74. The van der Waals surface area contributed by atoms with Gasteiger partial charge >= 0.3 is 11.6 Å². The van der Waals surface area contributed by atoms with Crippen molar-refractivity contribution in [2.75, 3.05) is 18.2 Å². The molecule has 1 aliphatic rings. The molecule has 7 nitrogen and oxygen atoms in total. The average molecular weight is 507 g/mol. The van der Waals surface area contributed by atoms with Gasteiger partial charge in [-0.1, -0.05) is 69.3 Å². The second-order valence-corrected chi connectivity index (χ2v) is 15.6. The monoisotopic (exact) mass is 506 g/mol. The van der Waals surface area contributed by atoms with Crippen molar-refractivity contribution in [2.45, 2.75) is 70.6 Å². The highest BCUT2D eigenvalue weighted by Gasteiger charge is 2.43. The number of para-hydroxylation sites is 1. The highest BCUT2D eigenvalue weighted by molar-refractivity contribution is 6.74. The van der Waals surface area contributed by atoms with Gasteiger partial charge < -0.3 is 15.0 Å². The van der Waals surface area contributed by atoms with Crippen LogP contribution in [0.1, 0.15) is 58.1 Å². The van der Waals surface area contributed by atoms with Crippen LogP contribution in [0.2, 0.25) is 18.1 Å². The smallest absolute Gasteiger partial charge is 0.360 e. The molecule has 8 heteroatoms. The Morgan fingerprint density at radius 1 is 1.00 bits per heavy atom. The van der Waals surface area contributed by atoms with E-state index < -0.39 is 31.8 Å². The molecule has 3 rings (SSSR count). The number of carbonyl (C=O) groups excluding carboxylic acids is 2. The van der Waals surface area contributed by atoms with Crippen molar-refractivity contribution in [3.63, 3.8) is 0 Å². The molecule has 2 aromatic carbocycles. The molecule has 1 fully saturated rings. The number of hydrogen-bond acceptors (Lipinski definition) is 4. The van der Waals surface area contributed by atoms with Crippen LogP contribution in [0, 0.1) is 0 Å². The summed E-state index contributed by atoms with van der Waals surface area (Å²) in [7, 11) is -2.32. The molecule has 2 aromatic rings. The zero-order chi connectivity index (χ0) is 26.3. The lowest BCUT2D eigenvalue weighted by Gasteiger charge is -2.43. The minimum absolute atomic E-state index is 0.0762. The highest BCUT2D eigenvalue weighted by Crippen LogP contribution is 2.41. The van der Waals surface area contributed by atoms with Crippen molar-refractivity contribution in [3.05, 3.63) is 71.8 Å². The van der Waals surface area contributed by atoms with Gasteiger partial charge in [-0.25, -0.2) is 0 Å². The number of ketones is 1. The minimum atomic E-state index is -2.32. The Labute approximate surface area is 215 Å². The number of Topliss-reactive ketones (excluding diaryl/α,β-unsaturated/α-hetero) is 1. The number of anilines is 1. The summed E-state index contributed by atoms with van der Waals surface area (Å²) in [5.41, 5.74) is 11.0. The van der Waals surface area contributed by atoms with Crippen molar-refractivity contribution in [3.8, 4) is 0 Å². The minimum Gasteiger partial charge on any atom is -0.360 e. The summed E-state index contributed by atoms with van der Waals surface area (Å²) >= 11 is 0. The quantitative estimate of drug-likeness (QED) is 0.107. The fraction of sp³-hybridized carbons (Fsp3) is 0.464. The number of likely N-dealkylation sites (tertiary alicyclic amines) is 1. The highest BCUT2D eigenvalue weighted by atomic mass is 28.4. The van der Waals surface area contributed by atoms with Gasteiger partial charge in [0.2, 0.25) is 8.32 Å². The van der Waals surface area contributed by atoms with E-state index in [0.717, 1.165) is 30.5 Å². The number of hydroxylamine groups is 1. The van der Waals surface area contributed by atoms with E-state index >= 15 is 0 Å². The Kier molecular flexibility index (Phi) is 9.01. The molecule has 0 bridgehead atoms. The molecule has 0 aromatic heterocycles. The third kappa shape index (κ3) is 6.58. The molecule has 192 valence electrons. The molecule has 0 aliphatic carbocycles. The van der Waals surface area contributed by atoms with Crippen molar-refractivity contribution in [1.82, 2.24) is 4.90 Å². The van der Waals surface area contributed by atoms with Gasteiger partial charge in [-0.15, -0.1) is 0 Å². The molecular formula is C28H38N4O3Si. The standard InChI is InChI=1S/C28H38N4O3Si/c1-28(2,3)36(4,5)35-32(23-17-11-7-12-18-23)24(22-15-9-6-10-16-22)21-25(33)26(30-29)27(34)31-19-13-8-14-20-31/h6-7,9-12,15-18,24H,8,13-14,19-21H2,1-5H3. The van der Waals surface area contributed by atoms with E-state index in [-0.39, 0.29) is 11.5 Å². The van der Waals surface area contributed by atoms with Crippen LogP contribution < -0.4 is 5.06 Å². The summed E-state index contributed by atoms with van der Waals surface area (Å²) in [5, 5.41) is 1.75. The predicted molar refractivity (Wildman–Crippen MR) is 145 cm³/mol. The van der Waals surface area contributed by atoms with Crippen molar-refractivity contribution in [2.24, 2.45) is 0 Å².